The summed E-state index contributed by atoms with van der Waals surface area (Å²) >= 11 is 0. The summed E-state index contributed by atoms with van der Waals surface area (Å²) in [6, 6.07) is 15.2. The van der Waals surface area contributed by atoms with E-state index in [1.807, 2.05) is 62.6 Å². The lowest BCUT2D eigenvalue weighted by Gasteiger charge is -2.26. The lowest BCUT2D eigenvalue weighted by Crippen LogP contribution is -2.35. The molecule has 2 rings (SSSR count). The highest BCUT2D eigenvalue weighted by molar-refractivity contribution is 5.76. The summed E-state index contributed by atoms with van der Waals surface area (Å²) in [6.07, 6.45) is 0.268. The lowest BCUT2D eigenvalue weighted by molar-refractivity contribution is -0.121. The highest BCUT2D eigenvalue weighted by atomic mass is 16.5. The van der Waals surface area contributed by atoms with Gasteiger partial charge in [-0.15, -0.1) is 0 Å². The molecule has 2 aromatic carbocycles. The van der Waals surface area contributed by atoms with E-state index in [4.69, 9.17) is 14.2 Å². The molecule has 27 heavy (non-hydrogen) atoms. The van der Waals surface area contributed by atoms with Crippen LogP contribution in [0.4, 0.5) is 0 Å². The molecule has 0 aliphatic carbocycles. The predicted octanol–water partition coefficient (Wildman–Crippen LogP) is 2.89. The second-order valence-corrected chi connectivity index (χ2v) is 6.27. The number of likely N-dealkylation sites (N-methyl/N-ethyl adjacent to an activating group) is 1. The van der Waals surface area contributed by atoms with E-state index >= 15 is 0 Å². The Morgan fingerprint density at radius 3 is 2.19 bits per heavy atom. The van der Waals surface area contributed by atoms with E-state index in [9.17, 15) is 4.79 Å². The summed E-state index contributed by atoms with van der Waals surface area (Å²) in [4.78, 5) is 14.3. The van der Waals surface area contributed by atoms with E-state index < -0.39 is 0 Å². The standard InChI is InChI=1S/C21H28N2O4/c1-23(2)17(16-9-5-6-10-18(16)25-3)15-22-21(24)13-14-27-20-12-8-7-11-19(20)26-4/h5-12,17H,13-15H2,1-4H3,(H,22,24). The molecule has 0 heterocycles. The molecule has 0 saturated carbocycles. The molecule has 0 bridgehead atoms. The fourth-order valence-corrected chi connectivity index (χ4v) is 2.80. The quantitative estimate of drug-likeness (QED) is 0.695. The van der Waals surface area contributed by atoms with E-state index in [-0.39, 0.29) is 25.0 Å². The molecule has 0 fully saturated rings. The molecular weight excluding hydrogens is 344 g/mol. The van der Waals surface area contributed by atoms with Crippen LogP contribution < -0.4 is 19.5 Å². The molecule has 0 spiro atoms. The molecule has 2 aromatic rings. The smallest absolute Gasteiger partial charge is 0.223 e. The highest BCUT2D eigenvalue weighted by Crippen LogP contribution is 2.27. The number of hydrogen-bond donors (Lipinski definition) is 1. The summed E-state index contributed by atoms with van der Waals surface area (Å²) in [7, 11) is 7.20. The van der Waals surface area contributed by atoms with Crippen LogP contribution in [-0.2, 0) is 4.79 Å². The normalized spacial score (nSPS) is 11.7. The number of benzene rings is 2. The zero-order valence-corrected chi connectivity index (χ0v) is 16.4. The predicted molar refractivity (Wildman–Crippen MR) is 106 cm³/mol. The zero-order chi connectivity index (χ0) is 19.6. The number of methoxy groups -OCH3 is 2. The first-order chi connectivity index (χ1) is 13.1. The Hall–Kier alpha value is -2.73. The molecule has 1 N–H and O–H groups in total. The largest absolute Gasteiger partial charge is 0.496 e. The molecule has 6 heteroatoms. The molecule has 0 aliphatic heterocycles. The molecule has 0 aromatic heterocycles. The van der Waals surface area contributed by atoms with Gasteiger partial charge in [0.15, 0.2) is 11.5 Å². The fraction of sp³-hybridized carbons (Fsp3) is 0.381. The monoisotopic (exact) mass is 372 g/mol. The Bertz CT molecular complexity index is 734. The summed E-state index contributed by atoms with van der Waals surface area (Å²) in [6.45, 7) is 0.772. The van der Waals surface area contributed by atoms with Gasteiger partial charge >= 0.3 is 0 Å². The van der Waals surface area contributed by atoms with Gasteiger partial charge in [0.05, 0.1) is 33.3 Å². The van der Waals surface area contributed by atoms with Crippen molar-refractivity contribution < 1.29 is 19.0 Å². The van der Waals surface area contributed by atoms with Gasteiger partial charge in [-0.25, -0.2) is 0 Å². The van der Waals surface area contributed by atoms with Crippen LogP contribution in [-0.4, -0.2) is 52.3 Å². The number of nitrogens with zero attached hydrogens (tertiary/aromatic N) is 1. The molecule has 0 saturated heterocycles. The summed E-state index contributed by atoms with van der Waals surface area (Å²) < 4.78 is 16.3. The topological polar surface area (TPSA) is 60.0 Å². The van der Waals surface area contributed by atoms with Crippen molar-refractivity contribution in [3.8, 4) is 17.2 Å². The van der Waals surface area contributed by atoms with Crippen LogP contribution in [0.1, 0.15) is 18.0 Å². The number of carbonyl (C=O) groups is 1. The van der Waals surface area contributed by atoms with Crippen molar-refractivity contribution >= 4 is 5.91 Å². The third-order valence-corrected chi connectivity index (χ3v) is 4.27. The Labute approximate surface area is 161 Å². The van der Waals surface area contributed by atoms with Gasteiger partial charge in [0.25, 0.3) is 0 Å². The van der Waals surface area contributed by atoms with Gasteiger partial charge < -0.3 is 24.4 Å². The van der Waals surface area contributed by atoms with Crippen LogP contribution in [0.15, 0.2) is 48.5 Å². The van der Waals surface area contributed by atoms with E-state index in [0.717, 1.165) is 11.3 Å². The van der Waals surface area contributed by atoms with Gasteiger partial charge in [-0.3, -0.25) is 4.79 Å². The van der Waals surface area contributed by atoms with E-state index in [2.05, 4.69) is 10.2 Å². The van der Waals surface area contributed by atoms with Gasteiger partial charge in [0, 0.05) is 12.1 Å². The van der Waals surface area contributed by atoms with Gasteiger partial charge in [0.1, 0.15) is 5.75 Å². The molecular formula is C21H28N2O4. The van der Waals surface area contributed by atoms with Crippen LogP contribution in [0.3, 0.4) is 0 Å². The molecule has 146 valence electrons. The lowest BCUT2D eigenvalue weighted by atomic mass is 10.0. The number of hydrogen-bond acceptors (Lipinski definition) is 5. The average Bonchev–Trinajstić information content (AvgIpc) is 2.68. The third-order valence-electron chi connectivity index (χ3n) is 4.27. The maximum Gasteiger partial charge on any atom is 0.223 e. The van der Waals surface area contributed by atoms with E-state index in [0.29, 0.717) is 18.0 Å². The minimum absolute atomic E-state index is 0.0141. The fourth-order valence-electron chi connectivity index (χ4n) is 2.80. The number of para-hydroxylation sites is 3. The number of ether oxygens (including phenoxy) is 3. The molecule has 6 nitrogen and oxygen atoms in total. The number of carbonyl (C=O) groups excluding carboxylic acids is 1. The second kappa shape index (κ2) is 10.4. The van der Waals surface area contributed by atoms with Crippen molar-refractivity contribution in [3.05, 3.63) is 54.1 Å². The first-order valence-corrected chi connectivity index (χ1v) is 8.88. The Morgan fingerprint density at radius 1 is 0.963 bits per heavy atom. The van der Waals surface area contributed by atoms with Gasteiger partial charge in [-0.05, 0) is 32.3 Å². The molecule has 0 radical (unpaired) electrons. The van der Waals surface area contributed by atoms with Gasteiger partial charge in [0.2, 0.25) is 5.91 Å². The van der Waals surface area contributed by atoms with Crippen molar-refractivity contribution in [2.24, 2.45) is 0 Å². The van der Waals surface area contributed by atoms with Crippen molar-refractivity contribution in [1.82, 2.24) is 10.2 Å². The van der Waals surface area contributed by atoms with Crippen molar-refractivity contribution in [1.29, 1.82) is 0 Å². The molecule has 0 aliphatic rings. The first kappa shape index (κ1) is 20.6. The Morgan fingerprint density at radius 2 is 1.56 bits per heavy atom. The maximum atomic E-state index is 12.2. The first-order valence-electron chi connectivity index (χ1n) is 8.88. The van der Waals surface area contributed by atoms with Crippen LogP contribution in [0, 0.1) is 0 Å². The van der Waals surface area contributed by atoms with Crippen molar-refractivity contribution in [2.75, 3.05) is 41.5 Å². The SMILES string of the molecule is COc1ccccc1OCCC(=O)NCC(c1ccccc1OC)N(C)C. The van der Waals surface area contributed by atoms with Crippen LogP contribution in [0.25, 0.3) is 0 Å². The van der Waals surface area contributed by atoms with Crippen molar-refractivity contribution in [2.45, 2.75) is 12.5 Å². The van der Waals surface area contributed by atoms with Crippen LogP contribution >= 0.6 is 0 Å². The third kappa shape index (κ3) is 5.89. The molecule has 1 unspecified atom stereocenters. The van der Waals surface area contributed by atoms with Crippen LogP contribution in [0.5, 0.6) is 17.2 Å². The minimum atomic E-state index is -0.0633. The summed E-state index contributed by atoms with van der Waals surface area (Å²) in [5.74, 6) is 2.03. The number of nitrogens with one attached hydrogen (secondary N) is 1. The van der Waals surface area contributed by atoms with Gasteiger partial charge in [-0.2, -0.15) is 0 Å². The zero-order valence-electron chi connectivity index (χ0n) is 16.4. The minimum Gasteiger partial charge on any atom is -0.496 e. The summed E-state index contributed by atoms with van der Waals surface area (Å²) in [5.41, 5.74) is 1.04. The number of rotatable bonds is 10. The van der Waals surface area contributed by atoms with Crippen molar-refractivity contribution in [3.63, 3.8) is 0 Å². The molecule has 1 amide bonds. The van der Waals surface area contributed by atoms with Crippen LogP contribution in [0.2, 0.25) is 0 Å². The average molecular weight is 372 g/mol. The maximum absolute atomic E-state index is 12.2. The van der Waals surface area contributed by atoms with Gasteiger partial charge in [-0.1, -0.05) is 30.3 Å². The van der Waals surface area contributed by atoms with E-state index in [1.54, 1.807) is 14.2 Å². The Balaban J connectivity index is 1.87. The number of amides is 1. The summed E-state index contributed by atoms with van der Waals surface area (Å²) in [5, 5.41) is 2.98. The highest BCUT2D eigenvalue weighted by Gasteiger charge is 2.19. The Kier molecular flexibility index (Phi) is 7.95. The second-order valence-electron chi connectivity index (χ2n) is 6.27. The molecule has 1 atom stereocenters. The van der Waals surface area contributed by atoms with E-state index in [1.165, 1.54) is 0 Å².